The van der Waals surface area contributed by atoms with E-state index in [1.807, 2.05) is 0 Å². The van der Waals surface area contributed by atoms with Gasteiger partial charge in [-0.2, -0.15) is 0 Å². The third kappa shape index (κ3) is 6.68. The average molecular weight is 288 g/mol. The van der Waals surface area contributed by atoms with Crippen LogP contribution in [0, 0.1) is 5.92 Å². The molecule has 0 spiro atoms. The van der Waals surface area contributed by atoms with Crippen LogP contribution >= 0.6 is 0 Å². The normalized spacial score (nSPS) is 24.4. The third-order valence-electron chi connectivity index (χ3n) is 3.69. The zero-order valence-corrected chi connectivity index (χ0v) is 12.7. The van der Waals surface area contributed by atoms with Crippen LogP contribution < -0.4 is 0 Å². The summed E-state index contributed by atoms with van der Waals surface area (Å²) in [6.07, 6.45) is 5.00. The van der Waals surface area contributed by atoms with Gasteiger partial charge in [-0.3, -0.25) is 4.79 Å². The van der Waals surface area contributed by atoms with Crippen molar-refractivity contribution in [1.82, 2.24) is 0 Å². The largest absolute Gasteiger partial charge is 0.469 e. The Morgan fingerprint density at radius 2 is 1.95 bits per heavy atom. The van der Waals surface area contributed by atoms with Crippen LogP contribution in [0.3, 0.4) is 0 Å². The van der Waals surface area contributed by atoms with Crippen LogP contribution in [0.4, 0.5) is 0 Å². The van der Waals surface area contributed by atoms with Gasteiger partial charge in [0, 0.05) is 6.61 Å². The molecule has 1 atom stereocenters. The van der Waals surface area contributed by atoms with Gasteiger partial charge in [0.15, 0.2) is 0 Å². The van der Waals surface area contributed by atoms with E-state index in [0.717, 1.165) is 38.5 Å². The Balaban J connectivity index is 2.07. The average Bonchev–Trinajstić information content (AvgIpc) is 2.49. The fraction of sp³-hybridized carbons (Fsp3) is 0.933. The molecule has 5 nitrogen and oxygen atoms in total. The first kappa shape index (κ1) is 17.4. The Bertz CT molecular complexity index is 261. The molecule has 0 heterocycles. The van der Waals surface area contributed by atoms with Gasteiger partial charge in [0.2, 0.25) is 0 Å². The minimum Gasteiger partial charge on any atom is -0.469 e. The van der Waals surface area contributed by atoms with Crippen LogP contribution in [-0.2, 0) is 19.0 Å². The summed E-state index contributed by atoms with van der Waals surface area (Å²) in [4.78, 5) is 11.4. The first-order valence-corrected chi connectivity index (χ1v) is 7.62. The molecule has 0 aromatic rings. The van der Waals surface area contributed by atoms with E-state index in [1.54, 1.807) is 0 Å². The maximum Gasteiger partial charge on any atom is 0.308 e. The lowest BCUT2D eigenvalue weighted by molar-refractivity contribution is -0.147. The monoisotopic (exact) mass is 288 g/mol. The van der Waals surface area contributed by atoms with Crippen LogP contribution in [0.25, 0.3) is 0 Å². The summed E-state index contributed by atoms with van der Waals surface area (Å²) in [5, 5.41) is 9.73. The van der Waals surface area contributed by atoms with Crippen molar-refractivity contribution in [3.05, 3.63) is 0 Å². The lowest BCUT2D eigenvalue weighted by Crippen LogP contribution is -2.30. The number of carbonyl (C=O) groups excluding carboxylic acids is 1. The maximum absolute atomic E-state index is 11.4. The molecule has 118 valence electrons. The van der Waals surface area contributed by atoms with Gasteiger partial charge in [-0.25, -0.2) is 0 Å². The predicted molar refractivity (Wildman–Crippen MR) is 75.4 cm³/mol. The second kappa shape index (κ2) is 10.1. The van der Waals surface area contributed by atoms with Crippen molar-refractivity contribution in [2.24, 2.45) is 5.92 Å². The molecule has 0 radical (unpaired) electrons. The molecule has 1 aliphatic carbocycles. The van der Waals surface area contributed by atoms with Crippen molar-refractivity contribution in [2.45, 2.75) is 57.7 Å². The summed E-state index contributed by atoms with van der Waals surface area (Å²) in [5.74, 6) is -0.102. The molecular weight excluding hydrogens is 260 g/mol. The highest BCUT2D eigenvalue weighted by Gasteiger charge is 2.27. The number of methoxy groups -OCH3 is 1. The molecule has 1 rings (SSSR count). The molecule has 20 heavy (non-hydrogen) atoms. The second-order valence-electron chi connectivity index (χ2n) is 5.41. The van der Waals surface area contributed by atoms with Crippen LogP contribution in [0.5, 0.6) is 0 Å². The van der Waals surface area contributed by atoms with Crippen LogP contribution in [0.2, 0.25) is 0 Å². The molecule has 1 saturated carbocycles. The zero-order valence-electron chi connectivity index (χ0n) is 12.7. The number of ether oxygens (including phenoxy) is 3. The van der Waals surface area contributed by atoms with Crippen molar-refractivity contribution in [2.75, 3.05) is 26.9 Å². The summed E-state index contributed by atoms with van der Waals surface area (Å²) in [5.41, 5.74) is 0. The fourth-order valence-electron chi connectivity index (χ4n) is 2.39. The van der Waals surface area contributed by atoms with E-state index in [9.17, 15) is 9.90 Å². The molecule has 0 bridgehead atoms. The van der Waals surface area contributed by atoms with Gasteiger partial charge in [0.05, 0.1) is 32.3 Å². The molecule has 0 saturated heterocycles. The number of rotatable bonds is 9. The van der Waals surface area contributed by atoms with Gasteiger partial charge in [-0.15, -0.1) is 0 Å². The highest BCUT2D eigenvalue weighted by Crippen LogP contribution is 2.27. The Hall–Kier alpha value is -0.650. The number of hydrogen-bond acceptors (Lipinski definition) is 5. The van der Waals surface area contributed by atoms with E-state index in [0.29, 0.717) is 19.8 Å². The van der Waals surface area contributed by atoms with Crippen molar-refractivity contribution < 1.29 is 24.1 Å². The Labute approximate surface area is 121 Å². The minimum absolute atomic E-state index is 0.0159. The van der Waals surface area contributed by atoms with E-state index < -0.39 is 6.10 Å². The van der Waals surface area contributed by atoms with Gasteiger partial charge in [-0.1, -0.05) is 13.3 Å². The highest BCUT2D eigenvalue weighted by atomic mass is 16.5. The van der Waals surface area contributed by atoms with Crippen LogP contribution in [0.15, 0.2) is 0 Å². The van der Waals surface area contributed by atoms with Crippen molar-refractivity contribution >= 4 is 5.97 Å². The molecule has 0 amide bonds. The molecule has 0 aromatic heterocycles. The smallest absolute Gasteiger partial charge is 0.308 e. The van der Waals surface area contributed by atoms with Gasteiger partial charge in [-0.05, 0) is 32.1 Å². The first-order valence-electron chi connectivity index (χ1n) is 7.62. The van der Waals surface area contributed by atoms with Crippen molar-refractivity contribution in [3.63, 3.8) is 0 Å². The topological polar surface area (TPSA) is 65.0 Å². The molecule has 1 aliphatic rings. The lowest BCUT2D eigenvalue weighted by Gasteiger charge is -2.27. The number of unbranched alkanes of at least 4 members (excludes halogenated alkanes) is 1. The number of aliphatic hydroxyl groups is 1. The molecular formula is C15H28O5. The summed E-state index contributed by atoms with van der Waals surface area (Å²) in [6, 6.07) is 0. The van der Waals surface area contributed by atoms with E-state index in [2.05, 4.69) is 6.92 Å². The summed E-state index contributed by atoms with van der Waals surface area (Å²) in [7, 11) is 1.43. The maximum atomic E-state index is 11.4. The summed E-state index contributed by atoms with van der Waals surface area (Å²) < 4.78 is 15.8. The minimum atomic E-state index is -0.565. The van der Waals surface area contributed by atoms with E-state index in [1.165, 1.54) is 7.11 Å². The van der Waals surface area contributed by atoms with Crippen LogP contribution in [0.1, 0.15) is 45.4 Å². The predicted octanol–water partition coefficient (Wildman–Crippen LogP) is 1.91. The van der Waals surface area contributed by atoms with E-state index >= 15 is 0 Å². The first-order chi connectivity index (χ1) is 9.67. The second-order valence-corrected chi connectivity index (χ2v) is 5.41. The van der Waals surface area contributed by atoms with E-state index in [4.69, 9.17) is 14.2 Å². The van der Waals surface area contributed by atoms with Crippen molar-refractivity contribution in [3.8, 4) is 0 Å². The highest BCUT2D eigenvalue weighted by molar-refractivity contribution is 5.72. The van der Waals surface area contributed by atoms with Crippen molar-refractivity contribution in [1.29, 1.82) is 0 Å². The quantitative estimate of drug-likeness (QED) is 0.518. The molecule has 1 unspecified atom stereocenters. The van der Waals surface area contributed by atoms with Gasteiger partial charge in [0.1, 0.15) is 6.10 Å². The van der Waals surface area contributed by atoms with Crippen LogP contribution in [-0.4, -0.2) is 50.2 Å². The molecule has 0 aromatic carbocycles. The molecule has 0 aliphatic heterocycles. The number of esters is 1. The molecule has 5 heteroatoms. The lowest BCUT2D eigenvalue weighted by atomic mass is 9.87. The summed E-state index contributed by atoms with van der Waals surface area (Å²) >= 11 is 0. The van der Waals surface area contributed by atoms with Gasteiger partial charge >= 0.3 is 5.97 Å². The Kier molecular flexibility index (Phi) is 8.82. The molecule has 1 fully saturated rings. The fourth-order valence-corrected chi connectivity index (χ4v) is 2.39. The number of carbonyl (C=O) groups is 1. The Morgan fingerprint density at radius 3 is 2.55 bits per heavy atom. The Morgan fingerprint density at radius 1 is 1.25 bits per heavy atom. The zero-order chi connectivity index (χ0) is 14.8. The van der Waals surface area contributed by atoms with Gasteiger partial charge < -0.3 is 19.3 Å². The molecule has 1 N–H and O–H groups in total. The van der Waals surface area contributed by atoms with Gasteiger partial charge in [0.25, 0.3) is 0 Å². The standard InChI is InChI=1S/C15H28O5/c1-3-4-9-19-10-13(16)11-20-14-7-5-12(6-8-14)15(17)18-2/h12-14,16H,3-11H2,1-2H3. The third-order valence-corrected chi connectivity index (χ3v) is 3.69. The SMILES string of the molecule is CCCCOCC(O)COC1CCC(C(=O)OC)CC1. The number of aliphatic hydroxyl groups excluding tert-OH is 1. The number of hydrogen-bond donors (Lipinski definition) is 1. The van der Waals surface area contributed by atoms with E-state index in [-0.39, 0.29) is 18.0 Å². The summed E-state index contributed by atoms with van der Waals surface area (Å²) in [6.45, 7) is 3.43.